The van der Waals surface area contributed by atoms with Crippen LogP contribution in [-0.4, -0.2) is 60.9 Å². The van der Waals surface area contributed by atoms with Crippen LogP contribution in [0.25, 0.3) is 5.65 Å². The van der Waals surface area contributed by atoms with Gasteiger partial charge in [-0.15, -0.1) is 10.2 Å². The van der Waals surface area contributed by atoms with Crippen molar-refractivity contribution in [2.75, 3.05) is 28.8 Å². The monoisotopic (exact) mass is 526 g/mol. The lowest BCUT2D eigenvalue weighted by molar-refractivity contribution is 0.0688. The van der Waals surface area contributed by atoms with Crippen molar-refractivity contribution in [1.29, 1.82) is 0 Å². The number of nitrogens with one attached hydrogen (secondary N) is 1. The number of imidazole rings is 1. The van der Waals surface area contributed by atoms with Crippen molar-refractivity contribution >= 4 is 28.9 Å². The Morgan fingerprint density at radius 1 is 1.18 bits per heavy atom. The molecular weight excluding hydrogens is 500 g/mol. The molecule has 0 fully saturated rings. The lowest BCUT2D eigenvalue weighted by Crippen LogP contribution is -2.37. The molecule has 12 heteroatoms. The highest BCUT2D eigenvalue weighted by Gasteiger charge is 2.31. The third-order valence-corrected chi connectivity index (χ3v) is 6.80. The van der Waals surface area contributed by atoms with Gasteiger partial charge >= 0.3 is 5.97 Å². The zero-order valence-electron chi connectivity index (χ0n) is 21.3. The first-order chi connectivity index (χ1) is 18.9. The summed E-state index contributed by atoms with van der Waals surface area (Å²) < 4.78 is 6.61. The zero-order valence-corrected chi connectivity index (χ0v) is 21.3. The topological polar surface area (TPSA) is 141 Å². The standard InChI is InChI=1S/C27H26N8O4/c1-16-5-10-22(31-30-16)34-12-3-4-20(26(34)36)29-24-19-11-13-33(15-17-6-8-18(39-2)9-7-17)23(19)25-28-14-21(27(37)38)35(25)32-24/h3-10,12,14,26,36H,11,13,15H2,1-2H3,(H,29,32)(H,37,38). The van der Waals surface area contributed by atoms with Crippen molar-refractivity contribution < 1.29 is 19.7 Å². The van der Waals surface area contributed by atoms with Crippen molar-refractivity contribution in [1.82, 2.24) is 24.8 Å². The maximum Gasteiger partial charge on any atom is 0.356 e. The van der Waals surface area contributed by atoms with Gasteiger partial charge in [0.25, 0.3) is 0 Å². The predicted octanol–water partition coefficient (Wildman–Crippen LogP) is 2.75. The molecule has 2 aliphatic rings. The summed E-state index contributed by atoms with van der Waals surface area (Å²) in [6, 6.07) is 11.4. The number of ether oxygens (including phenoxy) is 1. The second-order valence-electron chi connectivity index (χ2n) is 9.28. The molecule has 0 saturated carbocycles. The molecule has 0 radical (unpaired) electrons. The highest BCUT2D eigenvalue weighted by Crippen LogP contribution is 2.38. The smallest absolute Gasteiger partial charge is 0.356 e. The van der Waals surface area contributed by atoms with Crippen molar-refractivity contribution in [2.45, 2.75) is 26.1 Å². The average Bonchev–Trinajstić information content (AvgIpc) is 3.55. The Labute approximate surface area is 223 Å². The Bertz CT molecular complexity index is 1610. The van der Waals surface area contributed by atoms with E-state index in [0.717, 1.165) is 28.3 Å². The van der Waals surface area contributed by atoms with Gasteiger partial charge in [0.05, 0.1) is 30.4 Å². The number of nitrogens with zero attached hydrogens (tertiary/aromatic N) is 7. The lowest BCUT2D eigenvalue weighted by Gasteiger charge is -2.30. The molecule has 4 aromatic rings. The lowest BCUT2D eigenvalue weighted by atomic mass is 10.2. The van der Waals surface area contributed by atoms with Crippen LogP contribution in [0.15, 0.2) is 66.6 Å². The second kappa shape index (κ2) is 9.72. The van der Waals surface area contributed by atoms with E-state index in [9.17, 15) is 15.0 Å². The van der Waals surface area contributed by atoms with Crippen LogP contribution in [-0.2, 0) is 13.0 Å². The number of allylic oxidation sites excluding steroid dienone is 2. The fourth-order valence-electron chi connectivity index (χ4n) is 4.83. The summed E-state index contributed by atoms with van der Waals surface area (Å²) in [5.41, 5.74) is 4.41. The van der Waals surface area contributed by atoms with Gasteiger partial charge in [-0.05, 0) is 55.3 Å². The highest BCUT2D eigenvalue weighted by atomic mass is 16.5. The molecule has 3 N–H and O–H groups in total. The maximum absolute atomic E-state index is 12.0. The van der Waals surface area contributed by atoms with Crippen molar-refractivity contribution in [2.24, 2.45) is 0 Å². The van der Waals surface area contributed by atoms with E-state index in [4.69, 9.17) is 4.74 Å². The summed E-state index contributed by atoms with van der Waals surface area (Å²) in [4.78, 5) is 20.1. The maximum atomic E-state index is 12.0. The number of benzene rings is 1. The molecule has 0 amide bonds. The molecule has 0 spiro atoms. The summed E-state index contributed by atoms with van der Waals surface area (Å²) in [6.45, 7) is 3.13. The molecule has 3 aromatic heterocycles. The minimum absolute atomic E-state index is 0.0539. The van der Waals surface area contributed by atoms with E-state index in [1.807, 2.05) is 37.3 Å². The predicted molar refractivity (Wildman–Crippen MR) is 144 cm³/mol. The largest absolute Gasteiger partial charge is 0.497 e. The minimum atomic E-state index is -1.13. The average molecular weight is 527 g/mol. The number of aliphatic hydroxyl groups is 1. The SMILES string of the molecule is COc1ccc(CN2CCc3c(NC4=CC=CN(c5ccc(C)nn5)C4O)nn4c(C(=O)O)cnc4c32)cc1. The number of methoxy groups -OCH3 is 1. The number of carboxylic acid groups (broad SMARTS) is 1. The van der Waals surface area contributed by atoms with Crippen LogP contribution >= 0.6 is 0 Å². The number of aryl methyl sites for hydroxylation is 1. The van der Waals surface area contributed by atoms with Crippen molar-refractivity contribution in [3.63, 3.8) is 0 Å². The molecule has 0 saturated heterocycles. The number of fused-ring (bicyclic) bond motifs is 3. The van der Waals surface area contributed by atoms with Gasteiger partial charge < -0.3 is 25.2 Å². The van der Waals surface area contributed by atoms with Gasteiger partial charge in [-0.2, -0.15) is 5.10 Å². The Morgan fingerprint density at radius 3 is 2.72 bits per heavy atom. The third-order valence-electron chi connectivity index (χ3n) is 6.80. The Balaban J connectivity index is 1.37. The van der Waals surface area contributed by atoms with Gasteiger partial charge in [-0.3, -0.25) is 4.90 Å². The van der Waals surface area contributed by atoms with E-state index in [0.29, 0.717) is 42.5 Å². The molecule has 6 rings (SSSR count). The number of aliphatic hydroxyl groups excluding tert-OH is 1. The number of carboxylic acids is 1. The molecule has 0 bridgehead atoms. The molecule has 198 valence electrons. The van der Waals surface area contributed by atoms with Gasteiger partial charge in [0.2, 0.25) is 0 Å². The first kappa shape index (κ1) is 24.4. The molecule has 2 aliphatic heterocycles. The highest BCUT2D eigenvalue weighted by molar-refractivity contribution is 5.89. The number of carbonyl (C=O) groups is 1. The summed E-state index contributed by atoms with van der Waals surface area (Å²) >= 11 is 0. The number of hydrogen-bond donors (Lipinski definition) is 3. The van der Waals surface area contributed by atoms with Crippen molar-refractivity contribution in [3.05, 3.63) is 89.2 Å². The molecule has 5 heterocycles. The van der Waals surface area contributed by atoms with Crippen LogP contribution in [0.2, 0.25) is 0 Å². The van der Waals surface area contributed by atoms with Gasteiger partial charge in [0, 0.05) is 24.9 Å². The van der Waals surface area contributed by atoms with Gasteiger partial charge in [0.15, 0.2) is 29.2 Å². The van der Waals surface area contributed by atoms with Gasteiger partial charge in [-0.25, -0.2) is 14.3 Å². The normalized spacial score (nSPS) is 16.4. The number of anilines is 3. The van der Waals surface area contributed by atoms with E-state index in [1.54, 1.807) is 36.4 Å². The van der Waals surface area contributed by atoms with Crippen LogP contribution < -0.4 is 19.9 Å². The number of aromatic carboxylic acids is 1. The van der Waals surface area contributed by atoms with E-state index in [2.05, 4.69) is 30.5 Å². The molecule has 1 atom stereocenters. The zero-order chi connectivity index (χ0) is 27.1. The minimum Gasteiger partial charge on any atom is -0.497 e. The van der Waals surface area contributed by atoms with E-state index in [-0.39, 0.29) is 5.69 Å². The molecular formula is C27H26N8O4. The van der Waals surface area contributed by atoms with Crippen molar-refractivity contribution in [3.8, 4) is 5.75 Å². The summed E-state index contributed by atoms with van der Waals surface area (Å²) in [7, 11) is 1.63. The van der Waals surface area contributed by atoms with Gasteiger partial charge in [-0.1, -0.05) is 12.1 Å². The second-order valence-corrected chi connectivity index (χ2v) is 9.28. The fourth-order valence-corrected chi connectivity index (χ4v) is 4.83. The first-order valence-corrected chi connectivity index (χ1v) is 12.4. The van der Waals surface area contributed by atoms with Crippen LogP contribution in [0, 0.1) is 6.92 Å². The molecule has 1 aromatic carbocycles. The fraction of sp³-hybridized carbons (Fsp3) is 0.222. The van der Waals surface area contributed by atoms with E-state index in [1.165, 1.54) is 10.7 Å². The Morgan fingerprint density at radius 2 is 2.00 bits per heavy atom. The quantitative estimate of drug-likeness (QED) is 0.327. The molecule has 1 unspecified atom stereocenters. The molecule has 39 heavy (non-hydrogen) atoms. The number of hydrogen-bond acceptors (Lipinski definition) is 10. The van der Waals surface area contributed by atoms with E-state index >= 15 is 0 Å². The molecule has 12 nitrogen and oxygen atoms in total. The van der Waals surface area contributed by atoms with Gasteiger partial charge in [0.1, 0.15) is 5.75 Å². The summed E-state index contributed by atoms with van der Waals surface area (Å²) in [5, 5.41) is 37.1. The Hall–Kier alpha value is -4.97. The van der Waals surface area contributed by atoms with Crippen LogP contribution in [0.5, 0.6) is 5.75 Å². The van der Waals surface area contributed by atoms with E-state index < -0.39 is 12.2 Å². The van der Waals surface area contributed by atoms with Crippen LogP contribution in [0.1, 0.15) is 27.3 Å². The number of rotatable bonds is 7. The van der Waals surface area contributed by atoms with Crippen LogP contribution in [0.3, 0.4) is 0 Å². The third kappa shape index (κ3) is 4.40. The first-order valence-electron chi connectivity index (χ1n) is 12.4. The van der Waals surface area contributed by atoms with Crippen LogP contribution in [0.4, 0.5) is 17.3 Å². The number of aromatic nitrogens is 5. The summed E-state index contributed by atoms with van der Waals surface area (Å²) in [5.74, 6) is 0.575. The molecule has 0 aliphatic carbocycles. The Kier molecular flexibility index (Phi) is 6.08. The summed E-state index contributed by atoms with van der Waals surface area (Å²) in [6.07, 6.45) is 6.14.